The summed E-state index contributed by atoms with van der Waals surface area (Å²) >= 11 is 0. The molecule has 2 aromatic carbocycles. The number of hydrogen-bond acceptors (Lipinski definition) is 4. The number of rotatable bonds is 3. The average Bonchev–Trinajstić information content (AvgIpc) is 3.04. The Kier molecular flexibility index (Phi) is 4.30. The van der Waals surface area contributed by atoms with E-state index in [9.17, 15) is 18.0 Å². The molecule has 0 aliphatic rings. The second kappa shape index (κ2) is 6.69. The van der Waals surface area contributed by atoms with Gasteiger partial charge in [-0.05, 0) is 18.2 Å². The molecule has 3 N–H and O–H groups in total. The Morgan fingerprint density at radius 1 is 1.00 bits per heavy atom. The van der Waals surface area contributed by atoms with E-state index in [1.54, 1.807) is 44.7 Å². The van der Waals surface area contributed by atoms with Gasteiger partial charge in [0.1, 0.15) is 11.5 Å². The molecule has 0 radical (unpaired) electrons. The van der Waals surface area contributed by atoms with Crippen LogP contribution in [0.1, 0.15) is 0 Å². The van der Waals surface area contributed by atoms with Crippen molar-refractivity contribution in [1.82, 2.24) is 14.3 Å². The van der Waals surface area contributed by atoms with Crippen LogP contribution in [0.5, 0.6) is 0 Å². The molecule has 2 heterocycles. The van der Waals surface area contributed by atoms with Gasteiger partial charge in [0.05, 0.1) is 0 Å². The van der Waals surface area contributed by atoms with Gasteiger partial charge < -0.3 is 15.6 Å². The van der Waals surface area contributed by atoms with Crippen LogP contribution in [0.15, 0.2) is 47.5 Å². The highest BCUT2D eigenvalue weighted by atomic mass is 19.1. The molecular weight excluding hydrogens is 383 g/mol. The fraction of sp³-hybridized carbons (Fsp3) is 0.100. The first-order chi connectivity index (χ1) is 13.7. The first-order valence-corrected chi connectivity index (χ1v) is 8.59. The molecule has 0 atom stereocenters. The van der Waals surface area contributed by atoms with Crippen molar-refractivity contribution >= 4 is 28.0 Å². The molecular formula is C20H16F3N5O. The number of hydrogen-bond donors (Lipinski definition) is 2. The Morgan fingerprint density at radius 2 is 1.69 bits per heavy atom. The van der Waals surface area contributed by atoms with Crippen molar-refractivity contribution in [1.29, 1.82) is 0 Å². The Bertz CT molecular complexity index is 1300. The highest BCUT2D eigenvalue weighted by Crippen LogP contribution is 2.36. The maximum absolute atomic E-state index is 14.2. The Morgan fingerprint density at radius 3 is 2.38 bits per heavy atom. The molecule has 2 aromatic heterocycles. The summed E-state index contributed by atoms with van der Waals surface area (Å²) in [5.74, 6) is -3.16. The summed E-state index contributed by atoms with van der Waals surface area (Å²) in [5.41, 5.74) is 7.25. The zero-order valence-electron chi connectivity index (χ0n) is 15.5. The van der Waals surface area contributed by atoms with Crippen molar-refractivity contribution in [3.05, 3.63) is 70.5 Å². The molecule has 4 rings (SSSR count). The van der Waals surface area contributed by atoms with Gasteiger partial charge >= 0.3 is 0 Å². The summed E-state index contributed by atoms with van der Waals surface area (Å²) in [7, 11) is 3.27. The summed E-state index contributed by atoms with van der Waals surface area (Å²) < 4.78 is 44.4. The van der Waals surface area contributed by atoms with Crippen molar-refractivity contribution in [2.45, 2.75) is 0 Å². The second-order valence-electron chi connectivity index (χ2n) is 6.70. The summed E-state index contributed by atoms with van der Waals surface area (Å²) in [4.78, 5) is 12.4. The number of pyridine rings is 1. The van der Waals surface area contributed by atoms with E-state index < -0.39 is 23.1 Å². The number of fused-ring (bicyclic) bond motifs is 1. The molecule has 0 saturated heterocycles. The van der Waals surface area contributed by atoms with Gasteiger partial charge in [0.2, 0.25) is 0 Å². The molecule has 0 fully saturated rings. The van der Waals surface area contributed by atoms with E-state index >= 15 is 0 Å². The maximum Gasteiger partial charge on any atom is 0.278 e. The number of nitrogens with one attached hydrogen (secondary N) is 1. The van der Waals surface area contributed by atoms with Gasteiger partial charge in [0.25, 0.3) is 5.56 Å². The number of aryl methyl sites for hydroxylation is 2. The van der Waals surface area contributed by atoms with E-state index in [0.29, 0.717) is 40.0 Å². The zero-order chi connectivity index (χ0) is 20.9. The number of aromatic nitrogens is 3. The largest absolute Gasteiger partial charge is 0.399 e. The zero-order valence-corrected chi connectivity index (χ0v) is 15.5. The van der Waals surface area contributed by atoms with E-state index in [0.717, 1.165) is 0 Å². The van der Waals surface area contributed by atoms with Gasteiger partial charge in [-0.1, -0.05) is 0 Å². The Labute approximate surface area is 163 Å². The lowest BCUT2D eigenvalue weighted by atomic mass is 10.0. The summed E-state index contributed by atoms with van der Waals surface area (Å²) in [6.45, 7) is 0. The molecule has 9 heteroatoms. The standard InChI is InChI=1S/C20H16F3N5O/c1-27-8-13(14-9-28(2)26-18(14)20(27)29)12-7-11(24)3-4-17(12)25-19-15(22)5-10(21)6-16(19)23/h3-9,25H,24H2,1-2H3. The molecule has 0 aliphatic heterocycles. The van der Waals surface area contributed by atoms with Crippen LogP contribution in [0.4, 0.5) is 30.2 Å². The van der Waals surface area contributed by atoms with E-state index in [2.05, 4.69) is 10.4 Å². The van der Waals surface area contributed by atoms with Crippen molar-refractivity contribution in [3.63, 3.8) is 0 Å². The SMILES string of the molecule is Cn1cc2c(-c3cc(N)ccc3Nc3c(F)cc(F)cc3F)cn(C)c(=O)c2n1. The average molecular weight is 399 g/mol. The normalized spacial score (nSPS) is 11.2. The van der Waals surface area contributed by atoms with Gasteiger partial charge in [0.15, 0.2) is 17.2 Å². The number of nitrogens with two attached hydrogens (primary N) is 1. The molecule has 4 aromatic rings. The third-order valence-electron chi connectivity index (χ3n) is 4.56. The molecule has 29 heavy (non-hydrogen) atoms. The van der Waals surface area contributed by atoms with Crippen molar-refractivity contribution in [2.24, 2.45) is 14.1 Å². The van der Waals surface area contributed by atoms with Crippen LogP contribution in [-0.4, -0.2) is 14.3 Å². The number of benzene rings is 2. The van der Waals surface area contributed by atoms with Crippen LogP contribution >= 0.6 is 0 Å². The Balaban J connectivity index is 1.96. The minimum absolute atomic E-state index is 0.250. The van der Waals surface area contributed by atoms with Gasteiger partial charge in [-0.25, -0.2) is 13.2 Å². The second-order valence-corrected chi connectivity index (χ2v) is 6.70. The van der Waals surface area contributed by atoms with Gasteiger partial charge in [0, 0.05) is 66.5 Å². The highest BCUT2D eigenvalue weighted by molar-refractivity contribution is 5.98. The van der Waals surface area contributed by atoms with Crippen molar-refractivity contribution in [2.75, 3.05) is 11.1 Å². The maximum atomic E-state index is 14.2. The van der Waals surface area contributed by atoms with Crippen LogP contribution in [0.25, 0.3) is 22.0 Å². The molecule has 0 amide bonds. The van der Waals surface area contributed by atoms with E-state index in [4.69, 9.17) is 5.73 Å². The van der Waals surface area contributed by atoms with Crippen molar-refractivity contribution in [3.8, 4) is 11.1 Å². The number of nitrogens with zero attached hydrogens (tertiary/aromatic N) is 3. The van der Waals surface area contributed by atoms with Crippen LogP contribution in [0, 0.1) is 17.5 Å². The van der Waals surface area contributed by atoms with E-state index in [1.165, 1.54) is 9.25 Å². The predicted molar refractivity (Wildman–Crippen MR) is 105 cm³/mol. The van der Waals surface area contributed by atoms with E-state index in [-0.39, 0.29) is 11.1 Å². The topological polar surface area (TPSA) is 77.9 Å². The quantitative estimate of drug-likeness (QED) is 0.515. The lowest BCUT2D eigenvalue weighted by molar-refractivity contribution is 0.549. The van der Waals surface area contributed by atoms with Gasteiger partial charge in [-0.3, -0.25) is 9.48 Å². The smallest absolute Gasteiger partial charge is 0.278 e. The van der Waals surface area contributed by atoms with E-state index in [1.807, 2.05) is 0 Å². The summed E-state index contributed by atoms with van der Waals surface area (Å²) in [6.07, 6.45) is 3.28. The molecule has 0 bridgehead atoms. The predicted octanol–water partition coefficient (Wildman–Crippen LogP) is 3.68. The molecule has 0 spiro atoms. The highest BCUT2D eigenvalue weighted by Gasteiger charge is 2.18. The number of nitrogen functional groups attached to an aromatic ring is 1. The first-order valence-electron chi connectivity index (χ1n) is 8.59. The minimum Gasteiger partial charge on any atom is -0.399 e. The Hall–Kier alpha value is -3.75. The molecule has 0 saturated carbocycles. The van der Waals surface area contributed by atoms with Gasteiger partial charge in [-0.2, -0.15) is 5.10 Å². The van der Waals surface area contributed by atoms with Gasteiger partial charge in [-0.15, -0.1) is 0 Å². The fourth-order valence-corrected chi connectivity index (χ4v) is 3.24. The van der Waals surface area contributed by atoms with Crippen LogP contribution in [0.2, 0.25) is 0 Å². The lowest BCUT2D eigenvalue weighted by Gasteiger charge is -2.15. The monoisotopic (exact) mass is 399 g/mol. The molecule has 0 aliphatic carbocycles. The third-order valence-corrected chi connectivity index (χ3v) is 4.56. The molecule has 148 valence electrons. The lowest BCUT2D eigenvalue weighted by Crippen LogP contribution is -2.17. The third kappa shape index (κ3) is 3.20. The van der Waals surface area contributed by atoms with Crippen LogP contribution < -0.4 is 16.6 Å². The molecule has 0 unspecified atom stereocenters. The molecule has 6 nitrogen and oxygen atoms in total. The van der Waals surface area contributed by atoms with Crippen molar-refractivity contribution < 1.29 is 13.2 Å². The summed E-state index contributed by atoms with van der Waals surface area (Å²) in [6, 6.07) is 5.92. The minimum atomic E-state index is -1.07. The van der Waals surface area contributed by atoms with Crippen LogP contribution in [0.3, 0.4) is 0 Å². The number of anilines is 3. The number of halogens is 3. The summed E-state index contributed by atoms with van der Waals surface area (Å²) in [5, 5.41) is 7.44. The first kappa shape index (κ1) is 18.6. The van der Waals surface area contributed by atoms with Crippen LogP contribution in [-0.2, 0) is 14.1 Å². The fourth-order valence-electron chi connectivity index (χ4n) is 3.24.